The van der Waals surface area contributed by atoms with Crippen LogP contribution in [-0.4, -0.2) is 11.1 Å². The third-order valence-corrected chi connectivity index (χ3v) is 3.21. The van der Waals surface area contributed by atoms with Crippen molar-refractivity contribution in [1.82, 2.24) is 0 Å². The van der Waals surface area contributed by atoms with E-state index in [0.29, 0.717) is 6.42 Å². The van der Waals surface area contributed by atoms with Gasteiger partial charge in [0, 0.05) is 12.3 Å². The number of hydrogen-bond donors (Lipinski definition) is 0. The van der Waals surface area contributed by atoms with Crippen LogP contribution in [0.15, 0.2) is 0 Å². The number of alkyl halides is 1. The van der Waals surface area contributed by atoms with E-state index >= 15 is 0 Å². The topological polar surface area (TPSA) is 17.1 Å². The Bertz CT molecular complexity index is 160. The Labute approximate surface area is 110 Å². The third-order valence-electron chi connectivity index (χ3n) is 2.76. The normalized spacial score (nSPS) is 10.6. The zero-order valence-corrected chi connectivity index (χ0v) is 11.7. The average molecular weight is 267 g/mol. The van der Waals surface area contributed by atoms with Gasteiger partial charge in [0.15, 0.2) is 0 Å². The lowest BCUT2D eigenvalue weighted by Gasteiger charge is -2.01. The summed E-state index contributed by atoms with van der Waals surface area (Å²) in [6, 6.07) is 0. The predicted octanol–water partition coefficient (Wildman–Crippen LogP) is 5.28. The number of rotatable bonds is 12. The molecule has 0 unspecified atom stereocenters. The molecule has 0 aliphatic carbocycles. The first kappa shape index (κ1) is 16.2. The van der Waals surface area contributed by atoms with E-state index in [1.165, 1.54) is 44.9 Å². The summed E-state index contributed by atoms with van der Waals surface area (Å²) in [6.07, 6.45) is 13.0. The van der Waals surface area contributed by atoms with Crippen molar-refractivity contribution in [3.63, 3.8) is 0 Å². The molecule has 0 amide bonds. The SMILES string of the molecule is O=C(Cl)CCCCCCCCCCCCCl. The monoisotopic (exact) mass is 266 g/mol. The number of halogens is 2. The third kappa shape index (κ3) is 14.2. The largest absolute Gasteiger partial charge is 0.281 e. The van der Waals surface area contributed by atoms with Gasteiger partial charge in [0.25, 0.3) is 0 Å². The Morgan fingerprint density at radius 2 is 1.06 bits per heavy atom. The molecule has 0 heterocycles. The molecule has 0 fully saturated rings. The minimum absolute atomic E-state index is 0.195. The van der Waals surface area contributed by atoms with E-state index in [-0.39, 0.29) is 5.24 Å². The summed E-state index contributed by atoms with van der Waals surface area (Å²) in [7, 11) is 0. The van der Waals surface area contributed by atoms with Crippen LogP contribution in [-0.2, 0) is 4.79 Å². The lowest BCUT2D eigenvalue weighted by molar-refractivity contribution is -0.111. The fourth-order valence-corrected chi connectivity index (χ4v) is 2.10. The van der Waals surface area contributed by atoms with E-state index in [4.69, 9.17) is 23.2 Å². The maximum absolute atomic E-state index is 10.5. The maximum Gasteiger partial charge on any atom is 0.221 e. The van der Waals surface area contributed by atoms with Crippen LogP contribution < -0.4 is 0 Å². The van der Waals surface area contributed by atoms with Crippen molar-refractivity contribution < 1.29 is 4.79 Å². The summed E-state index contributed by atoms with van der Waals surface area (Å²) >= 11 is 10.9. The molecule has 0 aliphatic heterocycles. The van der Waals surface area contributed by atoms with Crippen molar-refractivity contribution in [2.45, 2.75) is 70.6 Å². The average Bonchev–Trinajstić information content (AvgIpc) is 2.25. The molecule has 0 aromatic rings. The van der Waals surface area contributed by atoms with E-state index in [9.17, 15) is 4.79 Å². The van der Waals surface area contributed by atoms with Crippen molar-refractivity contribution in [1.29, 1.82) is 0 Å². The highest BCUT2D eigenvalue weighted by molar-refractivity contribution is 6.63. The minimum atomic E-state index is -0.195. The molecule has 3 heteroatoms. The van der Waals surface area contributed by atoms with Gasteiger partial charge in [-0.3, -0.25) is 4.79 Å². The van der Waals surface area contributed by atoms with Crippen LogP contribution >= 0.6 is 23.2 Å². The minimum Gasteiger partial charge on any atom is -0.281 e. The fourth-order valence-electron chi connectivity index (χ4n) is 1.77. The van der Waals surface area contributed by atoms with E-state index in [1.807, 2.05) is 0 Å². The van der Waals surface area contributed by atoms with Crippen LogP contribution in [0.25, 0.3) is 0 Å². The number of unbranched alkanes of at least 4 members (excludes halogenated alkanes) is 9. The molecule has 0 rings (SSSR count). The van der Waals surface area contributed by atoms with Gasteiger partial charge in [-0.05, 0) is 24.4 Å². The van der Waals surface area contributed by atoms with Gasteiger partial charge >= 0.3 is 0 Å². The zero-order chi connectivity index (χ0) is 12.1. The van der Waals surface area contributed by atoms with Crippen molar-refractivity contribution in [2.24, 2.45) is 0 Å². The summed E-state index contributed by atoms with van der Waals surface area (Å²) in [6.45, 7) is 0. The molecule has 0 saturated carbocycles. The van der Waals surface area contributed by atoms with Gasteiger partial charge in [-0.1, -0.05) is 51.4 Å². The smallest absolute Gasteiger partial charge is 0.221 e. The van der Waals surface area contributed by atoms with E-state index < -0.39 is 0 Å². The Hall–Kier alpha value is 0.250. The summed E-state index contributed by atoms with van der Waals surface area (Å²) in [5.74, 6) is 0.805. The maximum atomic E-state index is 10.5. The van der Waals surface area contributed by atoms with Gasteiger partial charge in [-0.2, -0.15) is 0 Å². The molecule has 0 bridgehead atoms. The van der Waals surface area contributed by atoms with Crippen LogP contribution in [0.5, 0.6) is 0 Å². The Morgan fingerprint density at radius 1 is 0.688 bits per heavy atom. The molecule has 16 heavy (non-hydrogen) atoms. The van der Waals surface area contributed by atoms with E-state index in [1.54, 1.807) is 0 Å². The second kappa shape index (κ2) is 13.3. The highest BCUT2D eigenvalue weighted by Crippen LogP contribution is 2.11. The second-order valence-electron chi connectivity index (χ2n) is 4.33. The first-order valence-electron chi connectivity index (χ1n) is 6.51. The first-order valence-corrected chi connectivity index (χ1v) is 7.43. The van der Waals surface area contributed by atoms with Crippen molar-refractivity contribution in [3.05, 3.63) is 0 Å². The van der Waals surface area contributed by atoms with Crippen LogP contribution in [0.4, 0.5) is 0 Å². The van der Waals surface area contributed by atoms with E-state index in [2.05, 4.69) is 0 Å². The van der Waals surface area contributed by atoms with Gasteiger partial charge in [-0.25, -0.2) is 0 Å². The molecule has 96 valence electrons. The second-order valence-corrected chi connectivity index (χ2v) is 5.13. The molecule has 0 aromatic carbocycles. The fraction of sp³-hybridized carbons (Fsp3) is 0.923. The van der Waals surface area contributed by atoms with Gasteiger partial charge in [-0.15, -0.1) is 11.6 Å². The van der Waals surface area contributed by atoms with Gasteiger partial charge < -0.3 is 0 Å². The Kier molecular flexibility index (Phi) is 13.5. The van der Waals surface area contributed by atoms with Gasteiger partial charge in [0.2, 0.25) is 5.24 Å². The summed E-state index contributed by atoms with van der Waals surface area (Å²) in [5, 5.41) is -0.195. The zero-order valence-electron chi connectivity index (χ0n) is 10.1. The molecule has 0 atom stereocenters. The number of hydrogen-bond acceptors (Lipinski definition) is 1. The quantitative estimate of drug-likeness (QED) is 0.267. The predicted molar refractivity (Wildman–Crippen MR) is 72.4 cm³/mol. The number of carbonyl (C=O) groups is 1. The van der Waals surface area contributed by atoms with Gasteiger partial charge in [0.1, 0.15) is 0 Å². The van der Waals surface area contributed by atoms with Gasteiger partial charge in [0.05, 0.1) is 0 Å². The van der Waals surface area contributed by atoms with E-state index in [0.717, 1.165) is 25.1 Å². The highest BCUT2D eigenvalue weighted by Gasteiger charge is 1.96. The molecule has 0 aliphatic rings. The molecule has 0 aromatic heterocycles. The number of carbonyl (C=O) groups excluding carboxylic acids is 1. The Balaban J connectivity index is 2.90. The van der Waals surface area contributed by atoms with Crippen molar-refractivity contribution >= 4 is 28.4 Å². The standard InChI is InChI=1S/C13H24Cl2O/c14-12-10-8-6-4-2-1-3-5-7-9-11-13(15)16/h1-12H2. The molecule has 1 nitrogen and oxygen atoms in total. The summed E-state index contributed by atoms with van der Waals surface area (Å²) in [4.78, 5) is 10.5. The molecule has 0 spiro atoms. The Morgan fingerprint density at radius 3 is 1.44 bits per heavy atom. The molecule has 0 N–H and O–H groups in total. The molecule has 0 saturated heterocycles. The van der Waals surface area contributed by atoms with Crippen LogP contribution in [0, 0.1) is 0 Å². The molecule has 0 radical (unpaired) electrons. The summed E-state index contributed by atoms with van der Waals surface area (Å²) < 4.78 is 0. The molecular formula is C13H24Cl2O. The highest BCUT2D eigenvalue weighted by atomic mass is 35.5. The van der Waals surface area contributed by atoms with Crippen LogP contribution in [0.2, 0.25) is 0 Å². The van der Waals surface area contributed by atoms with Crippen molar-refractivity contribution in [2.75, 3.05) is 5.88 Å². The van der Waals surface area contributed by atoms with Crippen LogP contribution in [0.1, 0.15) is 70.6 Å². The lowest BCUT2D eigenvalue weighted by Crippen LogP contribution is -1.86. The van der Waals surface area contributed by atoms with Crippen molar-refractivity contribution in [3.8, 4) is 0 Å². The summed E-state index contributed by atoms with van der Waals surface area (Å²) in [5.41, 5.74) is 0. The first-order chi connectivity index (χ1) is 7.77. The van der Waals surface area contributed by atoms with Crippen LogP contribution in [0.3, 0.4) is 0 Å². The lowest BCUT2D eigenvalue weighted by atomic mass is 10.1. The molecular weight excluding hydrogens is 243 g/mol.